The fraction of sp³-hybridized carbons (Fsp3) is 0.250. The number of rotatable bonds is 4. The van der Waals surface area contributed by atoms with Crippen LogP contribution in [0.5, 0.6) is 0 Å². The zero-order valence-electron chi connectivity index (χ0n) is 18.9. The highest BCUT2D eigenvalue weighted by atomic mass is 32.2. The largest absolute Gasteiger partial charge is 0.289 e. The molecule has 3 aromatic rings. The number of benzene rings is 1. The lowest BCUT2D eigenvalue weighted by atomic mass is 10.2. The second-order valence-corrected chi connectivity index (χ2v) is 13.6. The zero-order valence-corrected chi connectivity index (χ0v) is 22.2. The van der Waals surface area contributed by atoms with E-state index in [-0.39, 0.29) is 27.9 Å². The molecule has 0 saturated carbocycles. The summed E-state index contributed by atoms with van der Waals surface area (Å²) in [6.45, 7) is 3.89. The number of fused-ring (bicyclic) bond motifs is 1. The van der Waals surface area contributed by atoms with Crippen molar-refractivity contribution in [2.24, 2.45) is 0 Å². The molecular formula is C24H21N3O4S4. The topological polar surface area (TPSA) is 88.8 Å². The summed E-state index contributed by atoms with van der Waals surface area (Å²) in [7, 11) is -3.18. The van der Waals surface area contributed by atoms with Gasteiger partial charge in [-0.1, -0.05) is 59.5 Å². The summed E-state index contributed by atoms with van der Waals surface area (Å²) in [6, 6.07) is 11.1. The lowest BCUT2D eigenvalue weighted by molar-refractivity contribution is -0.123. The van der Waals surface area contributed by atoms with Gasteiger partial charge in [0.05, 0.1) is 28.0 Å². The van der Waals surface area contributed by atoms with E-state index >= 15 is 0 Å². The van der Waals surface area contributed by atoms with E-state index in [1.54, 1.807) is 18.3 Å². The summed E-state index contributed by atoms with van der Waals surface area (Å²) in [5.74, 6) is -0.427. The van der Waals surface area contributed by atoms with Gasteiger partial charge >= 0.3 is 0 Å². The third-order valence-electron chi connectivity index (χ3n) is 5.88. The van der Waals surface area contributed by atoms with Gasteiger partial charge in [0, 0.05) is 11.1 Å². The first-order valence-corrected chi connectivity index (χ1v) is 14.7. The number of thioether (sulfide) groups is 1. The van der Waals surface area contributed by atoms with Gasteiger partial charge in [0.1, 0.15) is 15.0 Å². The van der Waals surface area contributed by atoms with E-state index in [1.807, 2.05) is 44.2 Å². The van der Waals surface area contributed by atoms with Gasteiger partial charge < -0.3 is 0 Å². The number of aromatic nitrogens is 2. The Kier molecular flexibility index (Phi) is 6.37. The number of amides is 1. The molecule has 35 heavy (non-hydrogen) atoms. The van der Waals surface area contributed by atoms with Gasteiger partial charge in [0.15, 0.2) is 9.84 Å². The molecule has 2 saturated heterocycles. The Morgan fingerprint density at radius 2 is 1.83 bits per heavy atom. The molecule has 5 rings (SSSR count). The Labute approximate surface area is 216 Å². The van der Waals surface area contributed by atoms with E-state index in [1.165, 1.54) is 21.1 Å². The van der Waals surface area contributed by atoms with Crippen LogP contribution in [0.25, 0.3) is 11.7 Å². The van der Waals surface area contributed by atoms with Crippen molar-refractivity contribution in [1.82, 2.24) is 14.3 Å². The predicted molar refractivity (Wildman–Crippen MR) is 144 cm³/mol. The molecule has 1 unspecified atom stereocenters. The maximum Gasteiger partial charge on any atom is 0.266 e. The summed E-state index contributed by atoms with van der Waals surface area (Å²) in [5, 5.41) is 0.483. The maximum absolute atomic E-state index is 13.6. The molecule has 180 valence electrons. The standard InChI is InChI=1S/C24H21N3O4S4/c1-14-3-6-17(7-4-14)33-21-18(22(28)26-12-15(2)5-8-20(26)25-21)11-19-23(29)27(24(32)34-19)16-9-10-35(30,31)13-16/h3-8,11-12,16H,9-10,13H2,1-2H3/b19-11+. The van der Waals surface area contributed by atoms with Crippen molar-refractivity contribution >= 4 is 67.5 Å². The fourth-order valence-electron chi connectivity index (χ4n) is 4.06. The van der Waals surface area contributed by atoms with Crippen LogP contribution in [-0.2, 0) is 14.6 Å². The molecule has 2 aliphatic rings. The third-order valence-corrected chi connectivity index (χ3v) is 9.97. The summed E-state index contributed by atoms with van der Waals surface area (Å²) in [5.41, 5.74) is 2.53. The van der Waals surface area contributed by atoms with Crippen LogP contribution in [0.1, 0.15) is 23.1 Å². The molecular weight excluding hydrogens is 523 g/mol. The normalized spacial score (nSPS) is 20.9. The van der Waals surface area contributed by atoms with Gasteiger partial charge in [0.2, 0.25) is 0 Å². The fourth-order valence-corrected chi connectivity index (χ4v) is 8.04. The molecule has 2 aliphatic heterocycles. The van der Waals surface area contributed by atoms with Crippen LogP contribution in [0.4, 0.5) is 0 Å². The van der Waals surface area contributed by atoms with Crippen molar-refractivity contribution in [3.63, 3.8) is 0 Å². The van der Waals surface area contributed by atoms with Crippen LogP contribution >= 0.6 is 35.7 Å². The van der Waals surface area contributed by atoms with Crippen LogP contribution in [0, 0.1) is 13.8 Å². The molecule has 2 fully saturated rings. The van der Waals surface area contributed by atoms with Crippen LogP contribution in [0.2, 0.25) is 0 Å². The predicted octanol–water partition coefficient (Wildman–Crippen LogP) is 3.85. The highest BCUT2D eigenvalue weighted by Crippen LogP contribution is 2.37. The van der Waals surface area contributed by atoms with Crippen molar-refractivity contribution in [2.45, 2.75) is 36.2 Å². The number of thiocarbonyl (C=S) groups is 1. The molecule has 0 aliphatic carbocycles. The summed E-state index contributed by atoms with van der Waals surface area (Å²) in [4.78, 5) is 34.2. The molecule has 0 bridgehead atoms. The monoisotopic (exact) mass is 543 g/mol. The quantitative estimate of drug-likeness (QED) is 0.279. The van der Waals surface area contributed by atoms with Crippen LogP contribution in [-0.4, -0.2) is 50.5 Å². The minimum absolute atomic E-state index is 0.0421. The molecule has 0 radical (unpaired) electrons. The molecule has 1 amide bonds. The van der Waals surface area contributed by atoms with Gasteiger partial charge in [-0.05, 0) is 50.1 Å². The SMILES string of the molecule is Cc1ccc(Sc2nc3ccc(C)cn3c(=O)c2/C=C2/SC(=S)N(C3CCS(=O)(=O)C3)C2=O)cc1. The average Bonchev–Trinajstić information content (AvgIpc) is 3.30. The lowest BCUT2D eigenvalue weighted by Gasteiger charge is -2.20. The Bertz CT molecular complexity index is 1580. The first-order valence-electron chi connectivity index (χ1n) is 10.9. The number of sulfone groups is 1. The minimum atomic E-state index is -3.18. The number of aryl methyl sites for hydroxylation is 2. The molecule has 0 spiro atoms. The highest BCUT2D eigenvalue weighted by Gasteiger charge is 2.42. The second-order valence-electron chi connectivity index (χ2n) is 8.59. The molecule has 11 heteroatoms. The Balaban J connectivity index is 1.60. The minimum Gasteiger partial charge on any atom is -0.289 e. The number of pyridine rings is 1. The van der Waals surface area contributed by atoms with Gasteiger partial charge in [-0.15, -0.1) is 0 Å². The summed E-state index contributed by atoms with van der Waals surface area (Å²) < 4.78 is 25.7. The molecule has 7 nitrogen and oxygen atoms in total. The van der Waals surface area contributed by atoms with Crippen molar-refractivity contribution in [3.8, 4) is 0 Å². The highest BCUT2D eigenvalue weighted by molar-refractivity contribution is 8.26. The van der Waals surface area contributed by atoms with Crippen molar-refractivity contribution < 1.29 is 13.2 Å². The number of nitrogens with zero attached hydrogens (tertiary/aromatic N) is 3. The van der Waals surface area contributed by atoms with E-state index in [4.69, 9.17) is 17.2 Å². The van der Waals surface area contributed by atoms with Crippen molar-refractivity contribution in [3.05, 3.63) is 74.5 Å². The molecule has 1 aromatic carbocycles. The molecule has 2 aromatic heterocycles. The van der Waals surface area contributed by atoms with Gasteiger partial charge in [0.25, 0.3) is 11.5 Å². The first-order chi connectivity index (χ1) is 16.6. The van der Waals surface area contributed by atoms with Gasteiger partial charge in [-0.2, -0.15) is 0 Å². The van der Waals surface area contributed by atoms with E-state index in [2.05, 4.69) is 0 Å². The van der Waals surface area contributed by atoms with Crippen molar-refractivity contribution in [2.75, 3.05) is 11.5 Å². The van der Waals surface area contributed by atoms with Crippen LogP contribution < -0.4 is 5.56 Å². The van der Waals surface area contributed by atoms with Gasteiger partial charge in [-0.25, -0.2) is 13.4 Å². The van der Waals surface area contributed by atoms with E-state index in [0.717, 1.165) is 27.8 Å². The number of hydrogen-bond donors (Lipinski definition) is 0. The maximum atomic E-state index is 13.6. The molecule has 4 heterocycles. The second kappa shape index (κ2) is 9.20. The Morgan fingerprint density at radius 3 is 2.51 bits per heavy atom. The zero-order chi connectivity index (χ0) is 24.9. The van der Waals surface area contributed by atoms with Gasteiger partial charge in [-0.3, -0.25) is 18.9 Å². The van der Waals surface area contributed by atoms with E-state index < -0.39 is 15.9 Å². The van der Waals surface area contributed by atoms with Crippen LogP contribution in [0.15, 0.2) is 62.2 Å². The van der Waals surface area contributed by atoms with Crippen molar-refractivity contribution in [1.29, 1.82) is 0 Å². The number of hydrogen-bond acceptors (Lipinski definition) is 8. The molecule has 0 N–H and O–H groups in total. The van der Waals surface area contributed by atoms with E-state index in [9.17, 15) is 18.0 Å². The van der Waals surface area contributed by atoms with Crippen LogP contribution in [0.3, 0.4) is 0 Å². The third kappa shape index (κ3) is 4.82. The number of carbonyl (C=O) groups excluding carboxylic acids is 1. The lowest BCUT2D eigenvalue weighted by Crippen LogP contribution is -2.39. The summed E-state index contributed by atoms with van der Waals surface area (Å²) >= 11 is 7.87. The Hall–Kier alpha value is -2.47. The summed E-state index contributed by atoms with van der Waals surface area (Å²) in [6.07, 6.45) is 3.62. The molecule has 1 atom stereocenters. The average molecular weight is 544 g/mol. The smallest absolute Gasteiger partial charge is 0.266 e. The first kappa shape index (κ1) is 24.2. The number of carbonyl (C=O) groups is 1. The Morgan fingerprint density at radius 1 is 1.11 bits per heavy atom. The van der Waals surface area contributed by atoms with E-state index in [0.29, 0.717) is 27.0 Å².